The second-order valence-electron chi connectivity index (χ2n) is 9.49. The van der Waals surface area contributed by atoms with Gasteiger partial charge >= 0.3 is 5.69 Å². The molecule has 2 heterocycles. The first-order valence-electron chi connectivity index (χ1n) is 10.3. The SMILES string of the molecule is Cn1nccc1CNC(=O)CC12CC3CC(C1)CC(n1cc([N+](=O)[O-])cn1)(C3)C2. The van der Waals surface area contributed by atoms with Crippen molar-refractivity contribution in [1.82, 2.24) is 24.9 Å². The van der Waals surface area contributed by atoms with Gasteiger partial charge in [0, 0.05) is 19.7 Å². The minimum absolute atomic E-state index is 0.0264. The first-order valence-corrected chi connectivity index (χ1v) is 10.3. The summed E-state index contributed by atoms with van der Waals surface area (Å²) in [5, 5.41) is 22.7. The van der Waals surface area contributed by atoms with Crippen molar-refractivity contribution < 1.29 is 9.72 Å². The zero-order valence-electron chi connectivity index (χ0n) is 16.6. The minimum Gasteiger partial charge on any atom is -0.350 e. The highest BCUT2D eigenvalue weighted by molar-refractivity contribution is 5.76. The summed E-state index contributed by atoms with van der Waals surface area (Å²) in [6.45, 7) is 0.481. The number of nitrogens with zero attached hydrogens (tertiary/aromatic N) is 5. The summed E-state index contributed by atoms with van der Waals surface area (Å²) in [5.41, 5.74) is 0.815. The van der Waals surface area contributed by atoms with Crippen LogP contribution in [0.5, 0.6) is 0 Å². The third kappa shape index (κ3) is 3.12. The van der Waals surface area contributed by atoms with Crippen LogP contribution < -0.4 is 5.32 Å². The van der Waals surface area contributed by atoms with Crippen molar-refractivity contribution >= 4 is 11.6 Å². The van der Waals surface area contributed by atoms with Gasteiger partial charge in [0.1, 0.15) is 12.4 Å². The Hall–Kier alpha value is -2.71. The molecule has 1 amide bonds. The number of nitrogens with one attached hydrogen (secondary N) is 1. The third-order valence-corrected chi connectivity index (χ3v) is 7.34. The lowest BCUT2D eigenvalue weighted by Crippen LogP contribution is -2.57. The van der Waals surface area contributed by atoms with E-state index in [0.717, 1.165) is 37.8 Å². The van der Waals surface area contributed by atoms with Crippen LogP contribution in [0.1, 0.15) is 50.6 Å². The number of rotatable bonds is 6. The monoisotopic (exact) mass is 398 g/mol. The summed E-state index contributed by atoms with van der Waals surface area (Å²) >= 11 is 0. The number of hydrogen-bond acceptors (Lipinski definition) is 5. The van der Waals surface area contributed by atoms with Gasteiger partial charge in [-0.2, -0.15) is 10.2 Å². The van der Waals surface area contributed by atoms with Crippen LogP contribution in [0.25, 0.3) is 0 Å². The highest BCUT2D eigenvalue weighted by atomic mass is 16.6. The zero-order chi connectivity index (χ0) is 20.2. The summed E-state index contributed by atoms with van der Waals surface area (Å²) in [5.74, 6) is 1.23. The first-order chi connectivity index (χ1) is 13.9. The smallest absolute Gasteiger partial charge is 0.307 e. The second-order valence-corrected chi connectivity index (χ2v) is 9.49. The van der Waals surface area contributed by atoms with Gasteiger partial charge in [0.2, 0.25) is 5.91 Å². The van der Waals surface area contributed by atoms with E-state index in [4.69, 9.17) is 0 Å². The van der Waals surface area contributed by atoms with Crippen LogP contribution in [0.3, 0.4) is 0 Å². The van der Waals surface area contributed by atoms with Crippen LogP contribution >= 0.6 is 0 Å². The van der Waals surface area contributed by atoms with E-state index >= 15 is 0 Å². The number of amides is 1. The van der Waals surface area contributed by atoms with Crippen molar-refractivity contribution in [1.29, 1.82) is 0 Å². The lowest BCUT2D eigenvalue weighted by atomic mass is 9.46. The summed E-state index contributed by atoms with van der Waals surface area (Å²) in [4.78, 5) is 23.6. The molecule has 4 fully saturated rings. The van der Waals surface area contributed by atoms with Gasteiger partial charge in [-0.15, -0.1) is 0 Å². The number of carbonyl (C=O) groups is 1. The van der Waals surface area contributed by atoms with Gasteiger partial charge in [0.15, 0.2) is 0 Å². The number of carbonyl (C=O) groups excluding carboxylic acids is 1. The van der Waals surface area contributed by atoms with Crippen LogP contribution in [0.15, 0.2) is 24.7 Å². The van der Waals surface area contributed by atoms with E-state index in [9.17, 15) is 14.9 Å². The molecule has 2 atom stereocenters. The Morgan fingerprint density at radius 1 is 1.31 bits per heavy atom. The predicted molar refractivity (Wildman–Crippen MR) is 104 cm³/mol. The van der Waals surface area contributed by atoms with E-state index in [-0.39, 0.29) is 27.5 Å². The van der Waals surface area contributed by atoms with Crippen LogP contribution in [0, 0.1) is 27.4 Å². The van der Waals surface area contributed by atoms with E-state index in [1.165, 1.54) is 12.6 Å². The molecule has 29 heavy (non-hydrogen) atoms. The van der Waals surface area contributed by atoms with Crippen molar-refractivity contribution in [2.24, 2.45) is 24.3 Å². The van der Waals surface area contributed by atoms with Crippen molar-refractivity contribution in [3.8, 4) is 0 Å². The summed E-state index contributed by atoms with van der Waals surface area (Å²) in [6, 6.07) is 1.91. The van der Waals surface area contributed by atoms with Crippen LogP contribution in [-0.2, 0) is 23.9 Å². The largest absolute Gasteiger partial charge is 0.350 e. The second kappa shape index (κ2) is 6.40. The molecule has 4 aliphatic rings. The Morgan fingerprint density at radius 2 is 2.07 bits per heavy atom. The molecule has 9 nitrogen and oxygen atoms in total. The van der Waals surface area contributed by atoms with Crippen molar-refractivity contribution in [2.45, 2.75) is 57.0 Å². The molecule has 4 aliphatic carbocycles. The maximum Gasteiger partial charge on any atom is 0.307 e. The molecule has 2 aromatic heterocycles. The van der Waals surface area contributed by atoms with Gasteiger partial charge in [-0.25, -0.2) is 0 Å². The van der Waals surface area contributed by atoms with Crippen molar-refractivity contribution in [3.05, 3.63) is 40.5 Å². The summed E-state index contributed by atoms with van der Waals surface area (Å²) in [6.07, 6.45) is 11.5. The topological polar surface area (TPSA) is 108 Å². The summed E-state index contributed by atoms with van der Waals surface area (Å²) < 4.78 is 3.62. The molecular weight excluding hydrogens is 372 g/mol. The molecule has 0 radical (unpaired) electrons. The highest BCUT2D eigenvalue weighted by Crippen LogP contribution is 2.65. The fourth-order valence-corrected chi connectivity index (χ4v) is 6.71. The predicted octanol–water partition coefficient (Wildman–Crippen LogP) is 2.53. The molecule has 4 saturated carbocycles. The molecule has 6 rings (SSSR count). The first kappa shape index (κ1) is 18.3. The fourth-order valence-electron chi connectivity index (χ4n) is 6.71. The van der Waals surface area contributed by atoms with E-state index < -0.39 is 0 Å². The van der Waals surface area contributed by atoms with E-state index in [1.54, 1.807) is 17.1 Å². The van der Waals surface area contributed by atoms with Gasteiger partial charge in [0.05, 0.1) is 22.7 Å². The third-order valence-electron chi connectivity index (χ3n) is 7.34. The van der Waals surface area contributed by atoms with Gasteiger partial charge < -0.3 is 5.32 Å². The average Bonchev–Trinajstić information content (AvgIpc) is 3.28. The fraction of sp³-hybridized carbons (Fsp3) is 0.650. The Morgan fingerprint density at radius 3 is 2.69 bits per heavy atom. The number of aryl methyl sites for hydroxylation is 1. The molecule has 0 aliphatic heterocycles. The average molecular weight is 398 g/mol. The molecule has 4 bridgehead atoms. The Bertz CT molecular complexity index is 949. The van der Waals surface area contributed by atoms with Crippen molar-refractivity contribution in [3.63, 3.8) is 0 Å². The molecule has 1 N–H and O–H groups in total. The van der Waals surface area contributed by atoms with Crippen molar-refractivity contribution in [2.75, 3.05) is 0 Å². The van der Waals surface area contributed by atoms with Crippen LogP contribution in [0.4, 0.5) is 5.69 Å². The molecule has 154 valence electrons. The van der Waals surface area contributed by atoms with E-state index in [1.807, 2.05) is 17.8 Å². The van der Waals surface area contributed by atoms with Crippen LogP contribution in [0.2, 0.25) is 0 Å². The van der Waals surface area contributed by atoms with E-state index in [0.29, 0.717) is 24.8 Å². The molecule has 0 aromatic carbocycles. The van der Waals surface area contributed by atoms with Gasteiger partial charge in [0.25, 0.3) is 0 Å². The molecular formula is C20H26N6O3. The van der Waals surface area contributed by atoms with Gasteiger partial charge in [-0.05, 0) is 61.8 Å². The molecule has 9 heteroatoms. The van der Waals surface area contributed by atoms with Crippen LogP contribution in [-0.4, -0.2) is 30.4 Å². The summed E-state index contributed by atoms with van der Waals surface area (Å²) in [7, 11) is 1.87. The molecule has 2 aromatic rings. The molecule has 0 saturated heterocycles. The van der Waals surface area contributed by atoms with E-state index in [2.05, 4.69) is 15.5 Å². The highest BCUT2D eigenvalue weighted by Gasteiger charge is 2.59. The maximum absolute atomic E-state index is 12.8. The Balaban J connectivity index is 1.34. The lowest BCUT2D eigenvalue weighted by Gasteiger charge is -2.61. The standard InChI is InChI=1S/C20H26N6O3/c1-24-16(2-3-22-24)10-21-18(27)9-19-5-14-4-15(6-19)8-20(7-14,13-19)25-12-17(11-23-25)26(28)29/h2-3,11-12,14-15H,4-10,13H2,1H3,(H,21,27). The molecule has 2 unspecified atom stereocenters. The normalized spacial score (nSPS) is 32.4. The minimum atomic E-state index is -0.383. The quantitative estimate of drug-likeness (QED) is 0.594. The molecule has 0 spiro atoms. The van der Waals surface area contributed by atoms with Gasteiger partial charge in [-0.3, -0.25) is 24.3 Å². The lowest BCUT2D eigenvalue weighted by molar-refractivity contribution is -0.385. The Kier molecular flexibility index (Phi) is 4.04. The number of aromatic nitrogens is 4. The Labute approximate surface area is 168 Å². The zero-order valence-corrected chi connectivity index (χ0v) is 16.6. The number of hydrogen-bond donors (Lipinski definition) is 1. The van der Waals surface area contributed by atoms with Gasteiger partial charge in [-0.1, -0.05) is 0 Å². The number of nitro groups is 1. The maximum atomic E-state index is 12.8.